The molecule has 0 fully saturated rings. The van der Waals surface area contributed by atoms with Crippen LogP contribution in [0.2, 0.25) is 38.3 Å². The molecule has 0 saturated heterocycles. The molecule has 2 N–H and O–H groups in total. The second-order valence-corrected chi connectivity index (χ2v) is 14.1. The van der Waals surface area contributed by atoms with E-state index >= 15 is 0 Å². The fourth-order valence-electron chi connectivity index (χ4n) is 1.13. The Hall–Kier alpha value is 0.274. The fourth-order valence-corrected chi connectivity index (χ4v) is 2.39. The van der Waals surface area contributed by atoms with Gasteiger partial charge in [0.15, 0.2) is 16.6 Å². The van der Waals surface area contributed by atoms with Gasteiger partial charge in [-0.05, 0) is 45.2 Å². The Morgan fingerprint density at radius 1 is 0.941 bits per heavy atom. The molecule has 104 valence electrons. The molecule has 0 heterocycles. The van der Waals surface area contributed by atoms with Crippen molar-refractivity contribution in [2.45, 2.75) is 51.3 Å². The zero-order chi connectivity index (χ0) is 13.5. The topological polar surface area (TPSA) is 58.9 Å². The monoisotopic (exact) mass is 280 g/mol. The molecule has 0 aromatic rings. The van der Waals surface area contributed by atoms with E-state index < -0.39 is 16.6 Å². The van der Waals surface area contributed by atoms with E-state index in [-0.39, 0.29) is 6.10 Å². The van der Waals surface area contributed by atoms with E-state index in [1.54, 1.807) is 0 Å². The molecule has 0 radical (unpaired) electrons. The van der Waals surface area contributed by atoms with E-state index in [0.717, 1.165) is 12.1 Å². The van der Waals surface area contributed by atoms with Crippen LogP contribution in [0.25, 0.3) is 0 Å². The minimum absolute atomic E-state index is 0.0508. The molecule has 0 bridgehead atoms. The second kappa shape index (κ2) is 7.65. The molecule has 0 spiro atoms. The maximum atomic E-state index is 9.64. The van der Waals surface area contributed by atoms with Crippen LogP contribution in [0.5, 0.6) is 0 Å². The highest BCUT2D eigenvalue weighted by molar-refractivity contribution is 6.70. The molecule has 0 amide bonds. The fraction of sp³-hybridized carbons (Fsp3) is 1.00. The third kappa shape index (κ3) is 14.2. The van der Waals surface area contributed by atoms with Gasteiger partial charge in [-0.1, -0.05) is 0 Å². The van der Waals surface area contributed by atoms with Crippen LogP contribution in [0.4, 0.5) is 0 Å². The van der Waals surface area contributed by atoms with Gasteiger partial charge in [-0.15, -0.1) is 0 Å². The number of hydrogen-bond acceptors (Lipinski definition) is 4. The van der Waals surface area contributed by atoms with E-state index in [0.29, 0.717) is 19.8 Å². The lowest BCUT2D eigenvalue weighted by atomic mass is 10.4. The lowest BCUT2D eigenvalue weighted by Crippen LogP contribution is -2.29. The van der Waals surface area contributed by atoms with Gasteiger partial charge in [-0.2, -0.15) is 0 Å². The lowest BCUT2D eigenvalue weighted by molar-refractivity contribution is 0.000864. The first-order valence-electron chi connectivity index (χ1n) is 6.24. The summed E-state index contributed by atoms with van der Waals surface area (Å²) in [6.07, 6.45) is 0.0508. The molecule has 6 heteroatoms. The van der Waals surface area contributed by atoms with E-state index in [9.17, 15) is 9.59 Å². The molecule has 0 rings (SSSR count). The van der Waals surface area contributed by atoms with Crippen molar-refractivity contribution >= 4 is 16.6 Å². The molecule has 0 aliphatic heterocycles. The summed E-state index contributed by atoms with van der Waals surface area (Å²) in [6, 6.07) is 1.52. The van der Waals surface area contributed by atoms with Crippen molar-refractivity contribution in [1.29, 1.82) is 0 Å². The predicted molar refractivity (Wildman–Crippen MR) is 75.2 cm³/mol. The number of rotatable bonds is 9. The van der Waals surface area contributed by atoms with Crippen LogP contribution >= 0.6 is 0 Å². The molecule has 17 heavy (non-hydrogen) atoms. The lowest BCUT2D eigenvalue weighted by Gasteiger charge is -2.18. The van der Waals surface area contributed by atoms with Crippen LogP contribution < -0.4 is 0 Å². The van der Waals surface area contributed by atoms with Gasteiger partial charge >= 0.3 is 0 Å². The maximum absolute atomic E-state index is 9.64. The van der Waals surface area contributed by atoms with Crippen LogP contribution in [0, 0.1) is 0 Å². The second-order valence-electron chi connectivity index (χ2n) is 5.88. The molecule has 4 nitrogen and oxygen atoms in total. The van der Waals surface area contributed by atoms with Crippen LogP contribution in [0.3, 0.4) is 0 Å². The summed E-state index contributed by atoms with van der Waals surface area (Å²) in [7, 11) is -3.95. The smallest absolute Gasteiger partial charge is 0.184 e. The van der Waals surface area contributed by atoms with Gasteiger partial charge in [0, 0.05) is 13.2 Å². The van der Waals surface area contributed by atoms with Crippen LogP contribution in [0.15, 0.2) is 0 Å². The van der Waals surface area contributed by atoms with Crippen molar-refractivity contribution in [3.05, 3.63) is 0 Å². The van der Waals surface area contributed by atoms with Gasteiger partial charge in [-0.25, -0.2) is 0 Å². The molecule has 0 aromatic heterocycles. The summed E-state index contributed by atoms with van der Waals surface area (Å²) in [6.45, 7) is 11.3. The van der Waals surface area contributed by atoms with Gasteiger partial charge < -0.3 is 19.1 Å². The molecule has 0 aromatic carbocycles. The molecule has 0 saturated carbocycles. The first kappa shape index (κ1) is 17.3. The van der Waals surface area contributed by atoms with Crippen molar-refractivity contribution in [3.8, 4) is 0 Å². The Kier molecular flexibility index (Phi) is 7.78. The van der Waals surface area contributed by atoms with Gasteiger partial charge in [0.25, 0.3) is 0 Å². The molecular formula is C11H28O4Si2. The van der Waals surface area contributed by atoms with Gasteiger partial charge in [-0.3, -0.25) is 0 Å². The Bertz CT molecular complexity index is 199. The first-order chi connectivity index (χ1) is 7.60. The first-order valence-corrected chi connectivity index (χ1v) is 12.6. The van der Waals surface area contributed by atoms with Crippen molar-refractivity contribution in [1.82, 2.24) is 0 Å². The molecule has 1 atom stereocenters. The van der Waals surface area contributed by atoms with E-state index in [1.807, 2.05) is 33.1 Å². The minimum atomic E-state index is -1.98. The highest BCUT2D eigenvalue weighted by Crippen LogP contribution is 2.07. The number of hydrogen-bond donors (Lipinski definition) is 2. The van der Waals surface area contributed by atoms with Crippen molar-refractivity contribution in [2.24, 2.45) is 0 Å². The highest BCUT2D eigenvalue weighted by atomic mass is 28.4. The third-order valence-electron chi connectivity index (χ3n) is 2.33. The van der Waals surface area contributed by atoms with E-state index in [1.165, 1.54) is 0 Å². The van der Waals surface area contributed by atoms with Crippen molar-refractivity contribution in [3.63, 3.8) is 0 Å². The maximum Gasteiger partial charge on any atom is 0.184 e. The van der Waals surface area contributed by atoms with Gasteiger partial charge in [0.1, 0.15) is 0 Å². The Balaban J connectivity index is 3.44. The largest absolute Gasteiger partial charge is 0.432 e. The summed E-state index contributed by atoms with van der Waals surface area (Å²) >= 11 is 0. The number of ether oxygens (including phenoxy) is 2. The zero-order valence-corrected chi connectivity index (χ0v) is 13.8. The standard InChI is InChI=1S/C11H28O4Si2/c1-11(15-7-9-17(4,5)13)10-14-6-8-16(2,3)12/h11-13H,6-10H2,1-5H3. The normalized spacial score (nSPS) is 15.0. The average Bonchev–Trinajstić information content (AvgIpc) is 2.09. The molecule has 1 unspecified atom stereocenters. The van der Waals surface area contributed by atoms with Crippen LogP contribution in [-0.4, -0.2) is 52.2 Å². The highest BCUT2D eigenvalue weighted by Gasteiger charge is 2.18. The Morgan fingerprint density at radius 3 is 1.88 bits per heavy atom. The van der Waals surface area contributed by atoms with Crippen LogP contribution in [0.1, 0.15) is 6.92 Å². The molecule has 0 aliphatic carbocycles. The summed E-state index contributed by atoms with van der Waals surface area (Å²) in [5, 5.41) is 0. The van der Waals surface area contributed by atoms with Crippen molar-refractivity contribution < 1.29 is 19.1 Å². The Labute approximate surface area is 107 Å². The van der Waals surface area contributed by atoms with Gasteiger partial charge in [0.05, 0.1) is 12.7 Å². The molecule has 0 aliphatic rings. The average molecular weight is 281 g/mol. The van der Waals surface area contributed by atoms with Crippen molar-refractivity contribution in [2.75, 3.05) is 19.8 Å². The summed E-state index contributed by atoms with van der Waals surface area (Å²) in [5.74, 6) is 0. The Morgan fingerprint density at radius 2 is 1.41 bits per heavy atom. The van der Waals surface area contributed by atoms with E-state index in [2.05, 4.69) is 0 Å². The van der Waals surface area contributed by atoms with Gasteiger partial charge in [0.2, 0.25) is 0 Å². The van der Waals surface area contributed by atoms with E-state index in [4.69, 9.17) is 9.47 Å². The zero-order valence-electron chi connectivity index (χ0n) is 11.8. The molecular weight excluding hydrogens is 252 g/mol. The summed E-state index contributed by atoms with van der Waals surface area (Å²) in [5.41, 5.74) is 0. The SMILES string of the molecule is CC(COCC[Si](C)(C)O)OCC[Si](C)(C)O. The minimum Gasteiger partial charge on any atom is -0.432 e. The predicted octanol–water partition coefficient (Wildman–Crippen LogP) is 1.80. The quantitative estimate of drug-likeness (QED) is 0.499. The third-order valence-corrected chi connectivity index (χ3v) is 5.18. The summed E-state index contributed by atoms with van der Waals surface area (Å²) in [4.78, 5) is 19.3. The van der Waals surface area contributed by atoms with Crippen LogP contribution in [-0.2, 0) is 9.47 Å². The summed E-state index contributed by atoms with van der Waals surface area (Å²) < 4.78 is 11.0.